The highest BCUT2D eigenvalue weighted by atomic mass is 35.5. The van der Waals surface area contributed by atoms with Gasteiger partial charge in [-0.15, -0.1) is 0 Å². The van der Waals surface area contributed by atoms with Crippen molar-refractivity contribution in [3.8, 4) is 5.75 Å². The summed E-state index contributed by atoms with van der Waals surface area (Å²) in [6.45, 7) is 1.79. The number of benzene rings is 1. The van der Waals surface area contributed by atoms with Crippen LogP contribution in [0.2, 0.25) is 5.02 Å². The number of methoxy groups -OCH3 is 2. The first-order chi connectivity index (χ1) is 7.56. The molecule has 0 aliphatic heterocycles. The van der Waals surface area contributed by atoms with Crippen LogP contribution in [0, 0.1) is 5.82 Å². The zero-order valence-corrected chi connectivity index (χ0v) is 10.0. The van der Waals surface area contributed by atoms with Gasteiger partial charge in [0, 0.05) is 11.6 Å². The predicted octanol–water partition coefficient (Wildman–Crippen LogP) is 2.84. The van der Waals surface area contributed by atoms with Crippen LogP contribution in [0.5, 0.6) is 5.75 Å². The molecule has 0 aliphatic carbocycles. The van der Waals surface area contributed by atoms with Gasteiger partial charge in [-0.05, 0) is 6.42 Å². The molecule has 3 nitrogen and oxygen atoms in total. The summed E-state index contributed by atoms with van der Waals surface area (Å²) < 4.78 is 23.3. The van der Waals surface area contributed by atoms with Gasteiger partial charge in [0.2, 0.25) is 0 Å². The number of esters is 1. The molecule has 0 saturated heterocycles. The quantitative estimate of drug-likeness (QED) is 0.770. The van der Waals surface area contributed by atoms with Crippen LogP contribution in [0.15, 0.2) is 6.07 Å². The smallest absolute Gasteiger partial charge is 0.341 e. The van der Waals surface area contributed by atoms with E-state index < -0.39 is 11.8 Å². The van der Waals surface area contributed by atoms with Crippen LogP contribution in [0.25, 0.3) is 0 Å². The molecule has 1 aromatic rings. The first-order valence-corrected chi connectivity index (χ1v) is 5.07. The van der Waals surface area contributed by atoms with E-state index in [0.29, 0.717) is 17.7 Å². The minimum Gasteiger partial charge on any atom is -0.496 e. The Balaban J connectivity index is 3.53. The SMILES string of the molecule is CCc1c(OC)cc(Cl)c(F)c1C(=O)OC. The third-order valence-corrected chi connectivity index (χ3v) is 2.52. The number of ether oxygens (including phenoxy) is 2. The zero-order chi connectivity index (χ0) is 12.3. The van der Waals surface area contributed by atoms with Gasteiger partial charge in [-0.2, -0.15) is 0 Å². The lowest BCUT2D eigenvalue weighted by atomic mass is 10.0. The maximum absolute atomic E-state index is 13.7. The van der Waals surface area contributed by atoms with E-state index in [-0.39, 0.29) is 10.6 Å². The topological polar surface area (TPSA) is 35.5 Å². The number of carbonyl (C=O) groups excluding carboxylic acids is 1. The molecule has 0 spiro atoms. The number of carbonyl (C=O) groups is 1. The van der Waals surface area contributed by atoms with Gasteiger partial charge in [-0.1, -0.05) is 18.5 Å². The molecule has 0 aliphatic rings. The second-order valence-corrected chi connectivity index (χ2v) is 3.48. The van der Waals surface area contributed by atoms with Crippen LogP contribution in [-0.4, -0.2) is 20.2 Å². The van der Waals surface area contributed by atoms with Gasteiger partial charge in [0.25, 0.3) is 0 Å². The first kappa shape index (κ1) is 12.8. The van der Waals surface area contributed by atoms with E-state index in [1.807, 2.05) is 0 Å². The second kappa shape index (κ2) is 5.16. The van der Waals surface area contributed by atoms with Crippen LogP contribution in [0.3, 0.4) is 0 Å². The number of hydrogen-bond acceptors (Lipinski definition) is 3. The zero-order valence-electron chi connectivity index (χ0n) is 9.27. The lowest BCUT2D eigenvalue weighted by molar-refractivity contribution is 0.0593. The molecule has 1 aromatic carbocycles. The fourth-order valence-electron chi connectivity index (χ4n) is 1.49. The Kier molecular flexibility index (Phi) is 4.12. The number of hydrogen-bond donors (Lipinski definition) is 0. The van der Waals surface area contributed by atoms with Crippen LogP contribution in [0.1, 0.15) is 22.8 Å². The standard InChI is InChI=1S/C11H12ClFO3/c1-4-6-8(15-2)5-7(12)10(13)9(6)11(14)16-3/h5H,4H2,1-3H3. The van der Waals surface area contributed by atoms with Crippen molar-refractivity contribution >= 4 is 17.6 Å². The third kappa shape index (κ3) is 2.11. The van der Waals surface area contributed by atoms with Gasteiger partial charge in [-0.25, -0.2) is 9.18 Å². The van der Waals surface area contributed by atoms with Crippen molar-refractivity contribution in [3.05, 3.63) is 28.0 Å². The second-order valence-electron chi connectivity index (χ2n) is 3.07. The van der Waals surface area contributed by atoms with Crippen LogP contribution >= 0.6 is 11.6 Å². The molecule has 0 heterocycles. The summed E-state index contributed by atoms with van der Waals surface area (Å²) in [5.74, 6) is -1.14. The Morgan fingerprint density at radius 1 is 1.50 bits per heavy atom. The van der Waals surface area contributed by atoms with Crippen molar-refractivity contribution in [2.24, 2.45) is 0 Å². The molecule has 0 unspecified atom stereocenters. The van der Waals surface area contributed by atoms with Gasteiger partial charge in [0.1, 0.15) is 11.3 Å². The molecule has 16 heavy (non-hydrogen) atoms. The molecule has 0 saturated carbocycles. The summed E-state index contributed by atoms with van der Waals surface area (Å²) >= 11 is 5.66. The minimum absolute atomic E-state index is 0.158. The van der Waals surface area contributed by atoms with Crippen molar-refractivity contribution in [2.45, 2.75) is 13.3 Å². The Labute approximate surface area is 98.1 Å². The lowest BCUT2D eigenvalue weighted by Gasteiger charge is -2.13. The van der Waals surface area contributed by atoms with Gasteiger partial charge < -0.3 is 9.47 Å². The summed E-state index contributed by atoms with van der Waals surface area (Å²) in [6.07, 6.45) is 0.446. The maximum Gasteiger partial charge on any atom is 0.341 e. The maximum atomic E-state index is 13.7. The van der Waals surface area contributed by atoms with Crippen LogP contribution in [0.4, 0.5) is 4.39 Å². The number of halogens is 2. The van der Waals surface area contributed by atoms with Crippen molar-refractivity contribution < 1.29 is 18.7 Å². The fourth-order valence-corrected chi connectivity index (χ4v) is 1.68. The highest BCUT2D eigenvalue weighted by Crippen LogP contribution is 2.31. The Morgan fingerprint density at radius 2 is 2.12 bits per heavy atom. The summed E-state index contributed by atoms with van der Waals surface area (Å²) in [5, 5.41) is -0.158. The molecule has 5 heteroatoms. The van der Waals surface area contributed by atoms with E-state index >= 15 is 0 Å². The monoisotopic (exact) mass is 246 g/mol. The van der Waals surface area contributed by atoms with Crippen molar-refractivity contribution in [1.29, 1.82) is 0 Å². The van der Waals surface area contributed by atoms with E-state index in [1.54, 1.807) is 6.92 Å². The molecule has 0 bridgehead atoms. The number of rotatable bonds is 3. The molecular weight excluding hydrogens is 235 g/mol. The molecule has 1 rings (SSSR count). The molecule has 0 aromatic heterocycles. The fraction of sp³-hybridized carbons (Fsp3) is 0.364. The molecule has 0 amide bonds. The summed E-state index contributed by atoms with van der Waals surface area (Å²) in [5.41, 5.74) is 0.297. The van der Waals surface area contributed by atoms with Crippen molar-refractivity contribution in [2.75, 3.05) is 14.2 Å². The lowest BCUT2D eigenvalue weighted by Crippen LogP contribution is -2.10. The third-order valence-electron chi connectivity index (χ3n) is 2.25. The van der Waals surface area contributed by atoms with E-state index in [2.05, 4.69) is 4.74 Å². The summed E-state index contributed by atoms with van der Waals surface area (Å²) in [4.78, 5) is 11.5. The Bertz CT molecular complexity index is 418. The summed E-state index contributed by atoms with van der Waals surface area (Å²) in [7, 11) is 2.62. The normalized spacial score (nSPS) is 10.1. The first-order valence-electron chi connectivity index (χ1n) is 4.69. The van der Waals surface area contributed by atoms with E-state index in [0.717, 1.165) is 0 Å². The van der Waals surface area contributed by atoms with Crippen molar-refractivity contribution in [1.82, 2.24) is 0 Å². The van der Waals surface area contributed by atoms with Gasteiger partial charge >= 0.3 is 5.97 Å². The van der Waals surface area contributed by atoms with Crippen molar-refractivity contribution in [3.63, 3.8) is 0 Å². The van der Waals surface area contributed by atoms with Crippen LogP contribution in [-0.2, 0) is 11.2 Å². The minimum atomic E-state index is -0.772. The molecular formula is C11H12ClFO3. The van der Waals surface area contributed by atoms with E-state index in [9.17, 15) is 9.18 Å². The highest BCUT2D eigenvalue weighted by molar-refractivity contribution is 6.31. The van der Waals surface area contributed by atoms with Crippen LogP contribution < -0.4 is 4.74 Å². The Hall–Kier alpha value is -1.29. The average Bonchev–Trinajstić information content (AvgIpc) is 2.30. The summed E-state index contributed by atoms with van der Waals surface area (Å²) in [6, 6.07) is 1.35. The molecule has 0 radical (unpaired) electrons. The average molecular weight is 247 g/mol. The predicted molar refractivity (Wildman–Crippen MR) is 58.7 cm³/mol. The van der Waals surface area contributed by atoms with E-state index in [1.165, 1.54) is 20.3 Å². The van der Waals surface area contributed by atoms with Gasteiger partial charge in [0.15, 0.2) is 5.82 Å². The molecule has 0 N–H and O–H groups in total. The highest BCUT2D eigenvalue weighted by Gasteiger charge is 2.23. The molecule has 0 fully saturated rings. The van der Waals surface area contributed by atoms with Gasteiger partial charge in [0.05, 0.1) is 19.2 Å². The molecule has 88 valence electrons. The molecule has 0 atom stereocenters. The van der Waals surface area contributed by atoms with E-state index in [4.69, 9.17) is 16.3 Å². The van der Waals surface area contributed by atoms with Gasteiger partial charge in [-0.3, -0.25) is 0 Å². The largest absolute Gasteiger partial charge is 0.496 e. The Morgan fingerprint density at radius 3 is 2.56 bits per heavy atom.